The number of rotatable bonds is 2. The molecule has 2 unspecified atom stereocenters. The van der Waals surface area contributed by atoms with Crippen LogP contribution in [0.2, 0.25) is 0 Å². The first-order valence-corrected chi connectivity index (χ1v) is 6.99. The molecule has 2 aliphatic carbocycles. The molecule has 0 saturated carbocycles. The summed E-state index contributed by atoms with van der Waals surface area (Å²) in [6, 6.07) is 17.1. The van der Waals surface area contributed by atoms with E-state index in [1.165, 1.54) is 22.3 Å². The largest absolute Gasteiger partial charge is 0.497 e. The smallest absolute Gasteiger partial charge is 0.118 e. The van der Waals surface area contributed by atoms with Gasteiger partial charge in [0.25, 0.3) is 0 Å². The number of hydrogen-bond donors (Lipinski definition) is 0. The zero-order valence-corrected chi connectivity index (χ0v) is 11.4. The summed E-state index contributed by atoms with van der Waals surface area (Å²) >= 11 is 0. The van der Waals surface area contributed by atoms with E-state index in [1.54, 1.807) is 7.11 Å². The van der Waals surface area contributed by atoms with E-state index in [2.05, 4.69) is 54.6 Å². The van der Waals surface area contributed by atoms with Crippen molar-refractivity contribution >= 4 is 6.08 Å². The molecule has 0 heterocycles. The highest BCUT2D eigenvalue weighted by Crippen LogP contribution is 2.52. The van der Waals surface area contributed by atoms with E-state index >= 15 is 0 Å². The quantitative estimate of drug-likeness (QED) is 0.721. The van der Waals surface area contributed by atoms with Crippen LogP contribution in [0.4, 0.5) is 0 Å². The summed E-state index contributed by atoms with van der Waals surface area (Å²) in [5.74, 6) is 1.85. The van der Waals surface area contributed by atoms with E-state index in [-0.39, 0.29) is 0 Å². The van der Waals surface area contributed by atoms with Gasteiger partial charge in [0.05, 0.1) is 7.11 Å². The molecule has 2 aromatic rings. The van der Waals surface area contributed by atoms with Crippen molar-refractivity contribution in [1.29, 1.82) is 0 Å². The molecule has 0 aliphatic heterocycles. The second-order valence-electron chi connectivity index (χ2n) is 5.39. The molecule has 20 heavy (non-hydrogen) atoms. The van der Waals surface area contributed by atoms with Crippen LogP contribution in [0.5, 0.6) is 5.75 Å². The van der Waals surface area contributed by atoms with Crippen LogP contribution in [0.15, 0.2) is 66.3 Å². The molecule has 98 valence electrons. The minimum atomic E-state index is 0.471. The van der Waals surface area contributed by atoms with Crippen molar-refractivity contribution in [1.82, 2.24) is 0 Å². The van der Waals surface area contributed by atoms with E-state index in [9.17, 15) is 0 Å². The Balaban J connectivity index is 1.73. The topological polar surface area (TPSA) is 9.23 Å². The third kappa shape index (κ3) is 1.63. The highest BCUT2D eigenvalue weighted by Gasteiger charge is 2.36. The van der Waals surface area contributed by atoms with Gasteiger partial charge in [0.15, 0.2) is 0 Å². The average molecular weight is 260 g/mol. The molecular weight excluding hydrogens is 244 g/mol. The molecule has 0 radical (unpaired) electrons. The number of methoxy groups -OCH3 is 1. The van der Waals surface area contributed by atoms with Crippen LogP contribution in [0, 0.1) is 0 Å². The number of ether oxygens (including phenoxy) is 1. The molecule has 1 heteroatoms. The molecule has 2 aliphatic rings. The van der Waals surface area contributed by atoms with Gasteiger partial charge in [-0.05, 0) is 34.4 Å². The SMILES string of the molecule is COc1ccc(C=C2C3C=CC2c2ccccc23)cc1. The standard InChI is InChI=1S/C19H16O/c1-20-14-8-6-13(7-9-14)12-19-17-10-11-18(19)16-5-3-2-4-15(16)17/h2-12,17-18H,1H3. The van der Waals surface area contributed by atoms with Gasteiger partial charge in [0.2, 0.25) is 0 Å². The van der Waals surface area contributed by atoms with Crippen molar-refractivity contribution in [3.8, 4) is 5.75 Å². The fourth-order valence-corrected chi connectivity index (χ4v) is 3.35. The summed E-state index contributed by atoms with van der Waals surface area (Å²) in [4.78, 5) is 0. The lowest BCUT2D eigenvalue weighted by Crippen LogP contribution is -1.90. The van der Waals surface area contributed by atoms with Gasteiger partial charge in [-0.15, -0.1) is 0 Å². The van der Waals surface area contributed by atoms with Crippen LogP contribution in [-0.2, 0) is 0 Å². The molecule has 1 nitrogen and oxygen atoms in total. The lowest BCUT2D eigenvalue weighted by molar-refractivity contribution is 0.415. The second kappa shape index (κ2) is 4.38. The molecule has 2 atom stereocenters. The van der Waals surface area contributed by atoms with Crippen molar-refractivity contribution in [3.05, 3.63) is 82.9 Å². The van der Waals surface area contributed by atoms with Gasteiger partial charge >= 0.3 is 0 Å². The van der Waals surface area contributed by atoms with Crippen LogP contribution in [-0.4, -0.2) is 7.11 Å². The maximum Gasteiger partial charge on any atom is 0.118 e. The lowest BCUT2D eigenvalue weighted by Gasteiger charge is -2.07. The number of hydrogen-bond acceptors (Lipinski definition) is 1. The molecule has 0 fully saturated rings. The molecule has 0 N–H and O–H groups in total. The van der Waals surface area contributed by atoms with E-state index < -0.39 is 0 Å². The lowest BCUT2D eigenvalue weighted by atomic mass is 9.97. The summed E-state index contributed by atoms with van der Waals surface area (Å²) in [7, 11) is 1.70. The molecule has 0 spiro atoms. The maximum absolute atomic E-state index is 5.21. The van der Waals surface area contributed by atoms with Crippen molar-refractivity contribution in [2.24, 2.45) is 0 Å². The highest BCUT2D eigenvalue weighted by molar-refractivity contribution is 5.68. The Kier molecular flexibility index (Phi) is 2.53. The summed E-state index contributed by atoms with van der Waals surface area (Å²) in [5.41, 5.74) is 5.68. The zero-order valence-electron chi connectivity index (χ0n) is 11.4. The van der Waals surface area contributed by atoms with Gasteiger partial charge in [-0.2, -0.15) is 0 Å². The summed E-state index contributed by atoms with van der Waals surface area (Å²) in [6.07, 6.45) is 7.00. The first-order chi connectivity index (χ1) is 9.86. The maximum atomic E-state index is 5.21. The number of fused-ring (bicyclic) bond motifs is 5. The highest BCUT2D eigenvalue weighted by atomic mass is 16.5. The normalized spacial score (nSPS) is 21.9. The van der Waals surface area contributed by atoms with Crippen molar-refractivity contribution < 1.29 is 4.74 Å². The Hall–Kier alpha value is -2.28. The third-order valence-electron chi connectivity index (χ3n) is 4.33. The van der Waals surface area contributed by atoms with E-state index in [0.717, 1.165) is 5.75 Å². The van der Waals surface area contributed by atoms with Crippen molar-refractivity contribution in [2.75, 3.05) is 7.11 Å². The van der Waals surface area contributed by atoms with Gasteiger partial charge in [-0.25, -0.2) is 0 Å². The minimum Gasteiger partial charge on any atom is -0.497 e. The molecular formula is C19H16O. The van der Waals surface area contributed by atoms with Crippen LogP contribution >= 0.6 is 0 Å². The van der Waals surface area contributed by atoms with Crippen LogP contribution in [0.3, 0.4) is 0 Å². The Bertz CT molecular complexity index is 672. The fraction of sp³-hybridized carbons (Fsp3) is 0.158. The van der Waals surface area contributed by atoms with E-state index in [1.807, 2.05) is 12.1 Å². The molecule has 2 aromatic carbocycles. The van der Waals surface area contributed by atoms with Crippen LogP contribution in [0.1, 0.15) is 28.5 Å². The molecule has 0 amide bonds. The van der Waals surface area contributed by atoms with Gasteiger partial charge in [0.1, 0.15) is 5.75 Å². The summed E-state index contributed by atoms with van der Waals surface area (Å²) in [6.45, 7) is 0. The predicted molar refractivity (Wildman–Crippen MR) is 82.0 cm³/mol. The van der Waals surface area contributed by atoms with Gasteiger partial charge < -0.3 is 4.74 Å². The average Bonchev–Trinajstić information content (AvgIpc) is 3.04. The van der Waals surface area contributed by atoms with Crippen LogP contribution < -0.4 is 4.74 Å². The molecule has 2 bridgehead atoms. The summed E-state index contributed by atoms with van der Waals surface area (Å²) < 4.78 is 5.21. The first kappa shape index (κ1) is 11.5. The van der Waals surface area contributed by atoms with Gasteiger partial charge in [-0.1, -0.05) is 54.6 Å². The first-order valence-electron chi connectivity index (χ1n) is 6.99. The minimum absolute atomic E-state index is 0.471. The Labute approximate surface area is 119 Å². The monoisotopic (exact) mass is 260 g/mol. The Morgan fingerprint density at radius 2 is 1.45 bits per heavy atom. The number of allylic oxidation sites excluding steroid dienone is 3. The zero-order chi connectivity index (χ0) is 13.5. The van der Waals surface area contributed by atoms with E-state index in [4.69, 9.17) is 4.74 Å². The number of benzene rings is 2. The van der Waals surface area contributed by atoms with Crippen molar-refractivity contribution in [3.63, 3.8) is 0 Å². The Morgan fingerprint density at radius 1 is 0.850 bits per heavy atom. The second-order valence-corrected chi connectivity index (χ2v) is 5.39. The molecule has 4 rings (SSSR count). The van der Waals surface area contributed by atoms with Gasteiger partial charge in [0, 0.05) is 11.8 Å². The van der Waals surface area contributed by atoms with Crippen molar-refractivity contribution in [2.45, 2.75) is 11.8 Å². The van der Waals surface area contributed by atoms with E-state index in [0.29, 0.717) is 11.8 Å². The van der Waals surface area contributed by atoms with Gasteiger partial charge in [-0.3, -0.25) is 0 Å². The third-order valence-corrected chi connectivity index (χ3v) is 4.33. The van der Waals surface area contributed by atoms with Crippen LogP contribution in [0.25, 0.3) is 6.08 Å². The predicted octanol–water partition coefficient (Wildman–Crippen LogP) is 4.53. The molecule has 0 aromatic heterocycles. The molecule has 0 saturated heterocycles. The Morgan fingerprint density at radius 3 is 2.00 bits per heavy atom. The summed E-state index contributed by atoms with van der Waals surface area (Å²) in [5, 5.41) is 0. The fourth-order valence-electron chi connectivity index (χ4n) is 3.35.